The summed E-state index contributed by atoms with van der Waals surface area (Å²) in [4.78, 5) is 11.7. The van der Waals surface area contributed by atoms with Crippen LogP contribution >= 0.6 is 0 Å². The van der Waals surface area contributed by atoms with Gasteiger partial charge in [0.2, 0.25) is 0 Å². The molecule has 0 unspecified atom stereocenters. The third-order valence-corrected chi connectivity index (χ3v) is 4.88. The number of para-hydroxylation sites is 1. The Morgan fingerprint density at radius 1 is 1.07 bits per heavy atom. The van der Waals surface area contributed by atoms with Gasteiger partial charge in [0.05, 0.1) is 11.2 Å². The summed E-state index contributed by atoms with van der Waals surface area (Å²) in [7, 11) is 2.02. The number of rotatable bonds is 6. The number of benzene rings is 2. The summed E-state index contributed by atoms with van der Waals surface area (Å²) in [6.07, 6.45) is 1.51. The molecular weight excluding hydrogens is 362 g/mol. The molecule has 0 atom stereocenters. The highest BCUT2D eigenvalue weighted by Gasteiger charge is 2.14. The number of aromatic amines is 1. The van der Waals surface area contributed by atoms with Crippen molar-refractivity contribution >= 4 is 22.5 Å². The zero-order valence-corrected chi connectivity index (χ0v) is 16.1. The fraction of sp³-hybridized carbons (Fsp3) is 0.182. The zero-order chi connectivity index (χ0) is 20.2. The van der Waals surface area contributed by atoms with Crippen LogP contribution in [0.3, 0.4) is 0 Å². The van der Waals surface area contributed by atoms with Crippen LogP contribution in [0.5, 0.6) is 0 Å². The van der Waals surface area contributed by atoms with Crippen LogP contribution in [-0.4, -0.2) is 33.8 Å². The van der Waals surface area contributed by atoms with Gasteiger partial charge in [-0.05, 0) is 25.0 Å². The van der Waals surface area contributed by atoms with E-state index in [9.17, 15) is 5.26 Å². The fourth-order valence-electron chi connectivity index (χ4n) is 3.37. The van der Waals surface area contributed by atoms with Crippen LogP contribution in [0.1, 0.15) is 17.7 Å². The molecule has 2 heterocycles. The molecule has 0 fully saturated rings. The number of nitrogens with two attached hydrogens (primary N) is 1. The van der Waals surface area contributed by atoms with Gasteiger partial charge in [0.1, 0.15) is 17.5 Å². The van der Waals surface area contributed by atoms with Gasteiger partial charge in [0.15, 0.2) is 11.6 Å². The van der Waals surface area contributed by atoms with Crippen LogP contribution in [0, 0.1) is 11.3 Å². The molecule has 4 aromatic rings. The highest BCUT2D eigenvalue weighted by atomic mass is 15.2. The highest BCUT2D eigenvalue weighted by molar-refractivity contribution is 5.91. The quantitative estimate of drug-likeness (QED) is 0.527. The van der Waals surface area contributed by atoms with Crippen LogP contribution in [0.15, 0.2) is 54.6 Å². The van der Waals surface area contributed by atoms with E-state index in [0.29, 0.717) is 17.8 Å². The van der Waals surface area contributed by atoms with E-state index in [1.807, 2.05) is 61.6 Å². The first-order valence-corrected chi connectivity index (χ1v) is 9.43. The van der Waals surface area contributed by atoms with Crippen molar-refractivity contribution in [3.8, 4) is 17.5 Å². The van der Waals surface area contributed by atoms with Crippen molar-refractivity contribution in [3.05, 3.63) is 65.9 Å². The average molecular weight is 383 g/mol. The summed E-state index contributed by atoms with van der Waals surface area (Å²) in [6.45, 7) is 0.763. The SMILES string of the molecule is CN(CCCc1[nH]nc(N)c1C#N)c1nc(-c2ccccc2)nc2ccccc12. The van der Waals surface area contributed by atoms with Crippen LogP contribution in [0.4, 0.5) is 11.6 Å². The molecule has 7 nitrogen and oxygen atoms in total. The Bertz CT molecular complexity index is 1170. The van der Waals surface area contributed by atoms with Crippen molar-refractivity contribution in [2.45, 2.75) is 12.8 Å². The van der Waals surface area contributed by atoms with Crippen molar-refractivity contribution in [3.63, 3.8) is 0 Å². The van der Waals surface area contributed by atoms with Crippen molar-refractivity contribution in [2.75, 3.05) is 24.2 Å². The topological polar surface area (TPSA) is 108 Å². The van der Waals surface area contributed by atoms with E-state index < -0.39 is 0 Å². The van der Waals surface area contributed by atoms with E-state index in [1.165, 1.54) is 0 Å². The van der Waals surface area contributed by atoms with E-state index >= 15 is 0 Å². The summed E-state index contributed by atoms with van der Waals surface area (Å²) in [6, 6.07) is 20.1. The monoisotopic (exact) mass is 383 g/mol. The lowest BCUT2D eigenvalue weighted by Gasteiger charge is -2.20. The summed E-state index contributed by atoms with van der Waals surface area (Å²) in [5.74, 6) is 1.85. The first-order chi connectivity index (χ1) is 14.2. The van der Waals surface area contributed by atoms with Crippen LogP contribution < -0.4 is 10.6 Å². The van der Waals surface area contributed by atoms with Crippen molar-refractivity contribution in [1.82, 2.24) is 20.2 Å². The lowest BCUT2D eigenvalue weighted by Crippen LogP contribution is -2.21. The lowest BCUT2D eigenvalue weighted by atomic mass is 10.1. The van der Waals surface area contributed by atoms with Crippen molar-refractivity contribution < 1.29 is 0 Å². The molecule has 0 aliphatic carbocycles. The normalized spacial score (nSPS) is 10.8. The summed E-state index contributed by atoms with van der Waals surface area (Å²) in [5.41, 5.74) is 8.83. The van der Waals surface area contributed by atoms with Gasteiger partial charge in [0.25, 0.3) is 0 Å². The van der Waals surface area contributed by atoms with E-state index in [-0.39, 0.29) is 5.82 Å². The highest BCUT2D eigenvalue weighted by Crippen LogP contribution is 2.27. The summed E-state index contributed by atoms with van der Waals surface area (Å²) >= 11 is 0. The second-order valence-electron chi connectivity index (χ2n) is 6.85. The molecule has 2 aromatic carbocycles. The maximum absolute atomic E-state index is 9.21. The molecule has 0 spiro atoms. The van der Waals surface area contributed by atoms with Crippen molar-refractivity contribution in [1.29, 1.82) is 5.26 Å². The molecule has 0 aliphatic rings. The number of nitriles is 1. The minimum Gasteiger partial charge on any atom is -0.381 e. The Labute approximate surface area is 168 Å². The molecule has 0 aliphatic heterocycles. The molecule has 29 heavy (non-hydrogen) atoms. The van der Waals surface area contributed by atoms with Crippen LogP contribution in [0.25, 0.3) is 22.3 Å². The summed E-state index contributed by atoms with van der Waals surface area (Å²) in [5, 5.41) is 17.0. The maximum Gasteiger partial charge on any atom is 0.163 e. The first kappa shape index (κ1) is 18.4. The molecule has 0 amide bonds. The number of aromatic nitrogens is 4. The number of nitrogens with zero attached hydrogens (tertiary/aromatic N) is 5. The number of nitrogens with one attached hydrogen (secondary N) is 1. The van der Waals surface area contributed by atoms with E-state index in [0.717, 1.165) is 40.9 Å². The average Bonchev–Trinajstić information content (AvgIpc) is 3.12. The second kappa shape index (κ2) is 7.98. The number of nitrogen functional groups attached to an aromatic ring is 1. The molecule has 0 saturated heterocycles. The second-order valence-corrected chi connectivity index (χ2v) is 6.85. The van der Waals surface area contributed by atoms with E-state index in [2.05, 4.69) is 21.2 Å². The number of fused-ring (bicyclic) bond motifs is 1. The largest absolute Gasteiger partial charge is 0.381 e. The Morgan fingerprint density at radius 2 is 1.83 bits per heavy atom. The molecular formula is C22H21N7. The van der Waals surface area contributed by atoms with Gasteiger partial charge >= 0.3 is 0 Å². The Hall–Kier alpha value is -3.92. The number of aryl methyl sites for hydroxylation is 1. The fourth-order valence-corrected chi connectivity index (χ4v) is 3.37. The Morgan fingerprint density at radius 3 is 2.62 bits per heavy atom. The molecule has 0 saturated carbocycles. The van der Waals surface area contributed by atoms with Gasteiger partial charge in [-0.1, -0.05) is 42.5 Å². The van der Waals surface area contributed by atoms with E-state index in [4.69, 9.17) is 15.7 Å². The van der Waals surface area contributed by atoms with Crippen LogP contribution in [-0.2, 0) is 6.42 Å². The predicted molar refractivity (Wildman–Crippen MR) is 114 cm³/mol. The first-order valence-electron chi connectivity index (χ1n) is 9.43. The minimum absolute atomic E-state index is 0.255. The van der Waals surface area contributed by atoms with Gasteiger partial charge in [0, 0.05) is 24.5 Å². The summed E-state index contributed by atoms with van der Waals surface area (Å²) < 4.78 is 0. The molecule has 0 radical (unpaired) electrons. The minimum atomic E-state index is 0.255. The smallest absolute Gasteiger partial charge is 0.163 e. The maximum atomic E-state index is 9.21. The zero-order valence-electron chi connectivity index (χ0n) is 16.1. The molecule has 0 bridgehead atoms. The van der Waals surface area contributed by atoms with Gasteiger partial charge < -0.3 is 10.6 Å². The standard InChI is InChI=1S/C22H21N7/c1-29(13-7-12-19-17(14-23)20(24)28-27-19)22-16-10-5-6-11-18(16)25-21(26-22)15-8-3-2-4-9-15/h2-6,8-11H,7,12-13H2,1H3,(H3,24,27,28). The number of hydrogen-bond donors (Lipinski definition) is 2. The third-order valence-electron chi connectivity index (χ3n) is 4.88. The Balaban J connectivity index is 1.59. The molecule has 4 rings (SSSR count). The number of hydrogen-bond acceptors (Lipinski definition) is 6. The van der Waals surface area contributed by atoms with Crippen molar-refractivity contribution in [2.24, 2.45) is 0 Å². The Kier molecular flexibility index (Phi) is 5.08. The van der Waals surface area contributed by atoms with E-state index in [1.54, 1.807) is 0 Å². The predicted octanol–water partition coefficient (Wildman–Crippen LogP) is 3.54. The molecule has 3 N–H and O–H groups in total. The van der Waals surface area contributed by atoms with Gasteiger partial charge in [-0.2, -0.15) is 10.4 Å². The third kappa shape index (κ3) is 3.73. The van der Waals surface area contributed by atoms with Gasteiger partial charge in [-0.15, -0.1) is 0 Å². The molecule has 2 aromatic heterocycles. The van der Waals surface area contributed by atoms with Gasteiger partial charge in [-0.3, -0.25) is 5.10 Å². The number of H-pyrrole nitrogens is 1. The number of anilines is 2. The lowest BCUT2D eigenvalue weighted by molar-refractivity contribution is 0.761. The molecule has 7 heteroatoms. The van der Waals surface area contributed by atoms with Gasteiger partial charge in [-0.25, -0.2) is 9.97 Å². The molecule has 144 valence electrons. The van der Waals surface area contributed by atoms with Crippen LogP contribution in [0.2, 0.25) is 0 Å².